The number of anilines is 1. The fourth-order valence-corrected chi connectivity index (χ4v) is 2.53. The summed E-state index contributed by atoms with van der Waals surface area (Å²) in [5.74, 6) is 0.562. The van der Waals surface area contributed by atoms with Crippen LogP contribution in [0.1, 0.15) is 17.0 Å². The molecule has 0 saturated heterocycles. The minimum atomic E-state index is -0.226. The molecule has 20 heavy (non-hydrogen) atoms. The number of rotatable bonds is 5. The summed E-state index contributed by atoms with van der Waals surface area (Å²) >= 11 is 1.58. The Morgan fingerprint density at radius 1 is 1.10 bits per heavy atom. The molecule has 0 spiro atoms. The lowest BCUT2D eigenvalue weighted by Gasteiger charge is -2.08. The average Bonchev–Trinajstić information content (AvgIpc) is 2.42. The maximum Gasteiger partial charge on any atom is 0.188 e. The largest absolute Gasteiger partial charge is 0.382 e. The van der Waals surface area contributed by atoms with Gasteiger partial charge in [0, 0.05) is 23.7 Å². The summed E-state index contributed by atoms with van der Waals surface area (Å²) in [7, 11) is 0. The van der Waals surface area contributed by atoms with Crippen LogP contribution in [-0.4, -0.2) is 22.3 Å². The molecule has 1 heterocycles. The number of halogens is 1. The van der Waals surface area contributed by atoms with Gasteiger partial charge in [-0.05, 0) is 38.5 Å². The highest BCUT2D eigenvalue weighted by atomic mass is 32.2. The van der Waals surface area contributed by atoms with Crippen LogP contribution in [0.5, 0.6) is 0 Å². The summed E-state index contributed by atoms with van der Waals surface area (Å²) in [4.78, 5) is 8.89. The number of para-hydroxylation sites is 1. The summed E-state index contributed by atoms with van der Waals surface area (Å²) in [6.45, 7) is 6.68. The average molecular weight is 291 g/mol. The van der Waals surface area contributed by atoms with Gasteiger partial charge in [-0.1, -0.05) is 23.9 Å². The van der Waals surface area contributed by atoms with Crippen LogP contribution in [0.3, 0.4) is 0 Å². The molecule has 106 valence electrons. The lowest BCUT2D eigenvalue weighted by molar-refractivity contribution is 0.630. The number of aryl methyl sites for hydroxylation is 2. The van der Waals surface area contributed by atoms with Crippen molar-refractivity contribution in [1.82, 2.24) is 9.97 Å². The van der Waals surface area contributed by atoms with E-state index in [2.05, 4.69) is 15.3 Å². The van der Waals surface area contributed by atoms with E-state index in [4.69, 9.17) is 0 Å². The molecule has 0 aliphatic heterocycles. The lowest BCUT2D eigenvalue weighted by Crippen LogP contribution is -2.06. The van der Waals surface area contributed by atoms with Gasteiger partial charge in [0.2, 0.25) is 0 Å². The van der Waals surface area contributed by atoms with Gasteiger partial charge in [0.25, 0.3) is 0 Å². The normalized spacial score (nSPS) is 10.6. The van der Waals surface area contributed by atoms with Gasteiger partial charge in [-0.25, -0.2) is 14.4 Å². The van der Waals surface area contributed by atoms with E-state index < -0.39 is 0 Å². The van der Waals surface area contributed by atoms with Crippen LogP contribution >= 0.6 is 11.8 Å². The second-order valence-electron chi connectivity index (χ2n) is 4.56. The van der Waals surface area contributed by atoms with Crippen LogP contribution in [0.15, 0.2) is 29.4 Å². The van der Waals surface area contributed by atoms with Crippen molar-refractivity contribution < 1.29 is 4.39 Å². The van der Waals surface area contributed by atoms with Gasteiger partial charge in [-0.3, -0.25) is 0 Å². The number of hydrogen-bond acceptors (Lipinski definition) is 4. The van der Waals surface area contributed by atoms with Crippen LogP contribution in [0.2, 0.25) is 0 Å². The van der Waals surface area contributed by atoms with Crippen molar-refractivity contribution in [2.45, 2.75) is 25.9 Å². The summed E-state index contributed by atoms with van der Waals surface area (Å²) in [5.41, 5.74) is 3.70. The third-order valence-corrected chi connectivity index (χ3v) is 3.98. The molecule has 0 amide bonds. The summed E-state index contributed by atoms with van der Waals surface area (Å²) in [5, 5.41) is 3.85. The van der Waals surface area contributed by atoms with E-state index >= 15 is 0 Å². The van der Waals surface area contributed by atoms with E-state index in [0.717, 1.165) is 27.9 Å². The SMILES string of the molecule is Cc1nc(SCCNc2ccccc2F)nc(C)c1C. The minimum absolute atomic E-state index is 0.226. The van der Waals surface area contributed by atoms with Gasteiger partial charge in [0.1, 0.15) is 5.82 Å². The van der Waals surface area contributed by atoms with Gasteiger partial charge in [-0.2, -0.15) is 0 Å². The highest BCUT2D eigenvalue weighted by molar-refractivity contribution is 7.99. The second kappa shape index (κ2) is 6.70. The smallest absolute Gasteiger partial charge is 0.188 e. The molecule has 2 rings (SSSR count). The summed E-state index contributed by atoms with van der Waals surface area (Å²) in [6, 6.07) is 6.68. The standard InChI is InChI=1S/C15H18FN3S/c1-10-11(2)18-15(19-12(10)3)20-9-8-17-14-7-5-4-6-13(14)16/h4-7,17H,8-9H2,1-3H3. The number of benzene rings is 1. The van der Waals surface area contributed by atoms with Crippen molar-refractivity contribution in [2.24, 2.45) is 0 Å². The molecule has 0 saturated carbocycles. The second-order valence-corrected chi connectivity index (χ2v) is 5.62. The number of nitrogens with zero attached hydrogens (tertiary/aromatic N) is 2. The highest BCUT2D eigenvalue weighted by Crippen LogP contribution is 2.17. The van der Waals surface area contributed by atoms with Gasteiger partial charge in [0.05, 0.1) is 5.69 Å². The van der Waals surface area contributed by atoms with Crippen molar-refractivity contribution in [3.05, 3.63) is 47.0 Å². The number of thioether (sulfide) groups is 1. The molecule has 0 atom stereocenters. The molecule has 0 aliphatic carbocycles. The fourth-order valence-electron chi connectivity index (χ4n) is 1.74. The van der Waals surface area contributed by atoms with Crippen LogP contribution in [0, 0.1) is 26.6 Å². The molecule has 0 unspecified atom stereocenters. The monoisotopic (exact) mass is 291 g/mol. The first-order chi connectivity index (χ1) is 9.58. The van der Waals surface area contributed by atoms with E-state index in [0.29, 0.717) is 12.2 Å². The number of aromatic nitrogens is 2. The Morgan fingerprint density at radius 3 is 2.40 bits per heavy atom. The van der Waals surface area contributed by atoms with Crippen molar-refractivity contribution in [1.29, 1.82) is 0 Å². The van der Waals surface area contributed by atoms with E-state index in [9.17, 15) is 4.39 Å². The molecule has 2 aromatic rings. The highest BCUT2D eigenvalue weighted by Gasteiger charge is 2.05. The fraction of sp³-hybridized carbons (Fsp3) is 0.333. The van der Waals surface area contributed by atoms with Crippen LogP contribution in [0.4, 0.5) is 10.1 Å². The Labute approximate surface area is 123 Å². The third kappa shape index (κ3) is 3.70. The Morgan fingerprint density at radius 2 is 1.75 bits per heavy atom. The molecule has 5 heteroatoms. The van der Waals surface area contributed by atoms with Gasteiger partial charge in [-0.15, -0.1) is 0 Å². The molecular formula is C15H18FN3S. The van der Waals surface area contributed by atoms with E-state index in [1.54, 1.807) is 23.9 Å². The molecule has 3 nitrogen and oxygen atoms in total. The lowest BCUT2D eigenvalue weighted by atomic mass is 10.2. The van der Waals surface area contributed by atoms with Gasteiger partial charge < -0.3 is 5.32 Å². The summed E-state index contributed by atoms with van der Waals surface area (Å²) in [6.07, 6.45) is 0. The Balaban J connectivity index is 1.86. The van der Waals surface area contributed by atoms with E-state index in [1.165, 1.54) is 6.07 Å². The number of hydrogen-bond donors (Lipinski definition) is 1. The molecule has 1 aromatic heterocycles. The zero-order valence-electron chi connectivity index (χ0n) is 11.9. The predicted octanol–water partition coefficient (Wildman–Crippen LogP) is 3.75. The van der Waals surface area contributed by atoms with E-state index in [-0.39, 0.29) is 5.82 Å². The maximum absolute atomic E-state index is 13.4. The Bertz CT molecular complexity index is 578. The van der Waals surface area contributed by atoms with Crippen molar-refractivity contribution in [2.75, 3.05) is 17.6 Å². The van der Waals surface area contributed by atoms with Gasteiger partial charge in [0.15, 0.2) is 5.16 Å². The van der Waals surface area contributed by atoms with E-state index in [1.807, 2.05) is 26.8 Å². The Hall–Kier alpha value is -1.62. The molecule has 1 aromatic carbocycles. The topological polar surface area (TPSA) is 37.8 Å². The van der Waals surface area contributed by atoms with Crippen LogP contribution in [-0.2, 0) is 0 Å². The first-order valence-electron chi connectivity index (χ1n) is 6.51. The third-order valence-electron chi connectivity index (χ3n) is 3.13. The zero-order chi connectivity index (χ0) is 14.5. The number of nitrogens with one attached hydrogen (secondary N) is 1. The Kier molecular flexibility index (Phi) is 4.95. The van der Waals surface area contributed by atoms with Crippen molar-refractivity contribution in [3.8, 4) is 0 Å². The molecule has 0 bridgehead atoms. The van der Waals surface area contributed by atoms with Crippen molar-refractivity contribution >= 4 is 17.4 Å². The molecule has 0 radical (unpaired) electrons. The molecule has 1 N–H and O–H groups in total. The van der Waals surface area contributed by atoms with Crippen molar-refractivity contribution in [3.63, 3.8) is 0 Å². The first kappa shape index (κ1) is 14.8. The van der Waals surface area contributed by atoms with Crippen LogP contribution in [0.25, 0.3) is 0 Å². The molecule has 0 aliphatic rings. The molecular weight excluding hydrogens is 273 g/mol. The minimum Gasteiger partial charge on any atom is -0.382 e. The maximum atomic E-state index is 13.4. The zero-order valence-corrected chi connectivity index (χ0v) is 12.7. The predicted molar refractivity (Wildman–Crippen MR) is 81.9 cm³/mol. The van der Waals surface area contributed by atoms with Crippen LogP contribution < -0.4 is 5.32 Å². The molecule has 0 fully saturated rings. The summed E-state index contributed by atoms with van der Waals surface area (Å²) < 4.78 is 13.4. The van der Waals surface area contributed by atoms with Gasteiger partial charge >= 0.3 is 0 Å². The first-order valence-corrected chi connectivity index (χ1v) is 7.49. The quantitative estimate of drug-likeness (QED) is 0.517.